The van der Waals surface area contributed by atoms with Crippen LogP contribution < -0.4 is 5.32 Å². The van der Waals surface area contributed by atoms with E-state index >= 15 is 0 Å². The van der Waals surface area contributed by atoms with Crippen LogP contribution in [-0.4, -0.2) is 67.6 Å². The van der Waals surface area contributed by atoms with Gasteiger partial charge < -0.3 is 15.3 Å². The Hall–Kier alpha value is -1.77. The molecule has 0 aliphatic carbocycles. The van der Waals surface area contributed by atoms with Gasteiger partial charge in [0.1, 0.15) is 0 Å². The Morgan fingerprint density at radius 1 is 1.50 bits per heavy atom. The standard InChI is InChI=1S/C11H17N5O3S/c17-10(18)7-9-8-20-6-5-16(9)11(19)12-1-3-15-4-2-13-14-15/h2,4,9H,1,3,5-8H2,(H,12,19)(H,17,18). The third-order valence-corrected chi connectivity index (χ3v) is 4.08. The van der Waals surface area contributed by atoms with E-state index in [4.69, 9.17) is 5.11 Å². The number of amides is 2. The molecule has 9 heteroatoms. The highest BCUT2D eigenvalue weighted by Crippen LogP contribution is 2.18. The quantitative estimate of drug-likeness (QED) is 0.786. The lowest BCUT2D eigenvalue weighted by molar-refractivity contribution is -0.137. The van der Waals surface area contributed by atoms with E-state index in [0.717, 1.165) is 5.75 Å². The van der Waals surface area contributed by atoms with Gasteiger partial charge in [-0.2, -0.15) is 11.8 Å². The fourth-order valence-corrected chi connectivity index (χ4v) is 3.09. The average Bonchev–Trinajstić information content (AvgIpc) is 2.91. The molecule has 0 saturated carbocycles. The molecule has 0 spiro atoms. The van der Waals surface area contributed by atoms with E-state index < -0.39 is 5.97 Å². The van der Waals surface area contributed by atoms with E-state index in [2.05, 4.69) is 15.6 Å². The number of nitrogens with one attached hydrogen (secondary N) is 1. The van der Waals surface area contributed by atoms with E-state index in [1.807, 2.05) is 0 Å². The maximum Gasteiger partial charge on any atom is 0.317 e. The lowest BCUT2D eigenvalue weighted by atomic mass is 10.2. The molecule has 20 heavy (non-hydrogen) atoms. The zero-order chi connectivity index (χ0) is 14.4. The molecule has 1 atom stereocenters. The minimum atomic E-state index is -0.877. The Balaban J connectivity index is 1.81. The molecule has 8 nitrogen and oxygen atoms in total. The number of nitrogens with zero attached hydrogens (tertiary/aromatic N) is 4. The molecule has 0 aromatic carbocycles. The zero-order valence-electron chi connectivity index (χ0n) is 10.9. The number of carbonyl (C=O) groups is 2. The van der Waals surface area contributed by atoms with Crippen molar-refractivity contribution < 1.29 is 14.7 Å². The fraction of sp³-hybridized carbons (Fsp3) is 0.636. The number of carbonyl (C=O) groups excluding carboxylic acids is 1. The molecular formula is C11H17N5O3S. The highest BCUT2D eigenvalue weighted by molar-refractivity contribution is 7.99. The number of rotatable bonds is 5. The van der Waals surface area contributed by atoms with Crippen molar-refractivity contribution in [2.24, 2.45) is 0 Å². The first-order valence-corrected chi connectivity index (χ1v) is 7.50. The summed E-state index contributed by atoms with van der Waals surface area (Å²) in [6.45, 7) is 1.56. The summed E-state index contributed by atoms with van der Waals surface area (Å²) in [5.41, 5.74) is 0. The average molecular weight is 299 g/mol. The molecule has 1 aliphatic rings. The molecule has 1 unspecified atom stereocenters. The normalized spacial score (nSPS) is 18.8. The number of urea groups is 1. The third kappa shape index (κ3) is 4.12. The van der Waals surface area contributed by atoms with Gasteiger partial charge in [-0.1, -0.05) is 5.21 Å². The minimum absolute atomic E-state index is 0.0104. The van der Waals surface area contributed by atoms with Crippen molar-refractivity contribution in [3.8, 4) is 0 Å². The van der Waals surface area contributed by atoms with Crippen LogP contribution in [0, 0.1) is 0 Å². The Labute approximate surface area is 120 Å². The SMILES string of the molecule is O=C(O)CC1CSCCN1C(=O)NCCn1ccnn1. The van der Waals surface area contributed by atoms with Crippen molar-refractivity contribution in [3.05, 3.63) is 12.4 Å². The predicted molar refractivity (Wildman–Crippen MR) is 73.5 cm³/mol. The van der Waals surface area contributed by atoms with Crippen LogP contribution in [0.3, 0.4) is 0 Å². The number of carboxylic acids is 1. The van der Waals surface area contributed by atoms with Crippen molar-refractivity contribution in [1.29, 1.82) is 0 Å². The largest absolute Gasteiger partial charge is 0.481 e. The first kappa shape index (κ1) is 14.6. The predicted octanol–water partition coefficient (Wildman–Crippen LogP) is -0.120. The second-order valence-electron chi connectivity index (χ2n) is 4.42. The van der Waals surface area contributed by atoms with E-state index in [0.29, 0.717) is 25.4 Å². The van der Waals surface area contributed by atoms with Gasteiger partial charge in [-0.15, -0.1) is 5.10 Å². The molecule has 1 aliphatic heterocycles. The van der Waals surface area contributed by atoms with Crippen LogP contribution in [-0.2, 0) is 11.3 Å². The summed E-state index contributed by atoms with van der Waals surface area (Å²) >= 11 is 1.68. The van der Waals surface area contributed by atoms with Crippen LogP contribution in [0.25, 0.3) is 0 Å². The van der Waals surface area contributed by atoms with Gasteiger partial charge >= 0.3 is 12.0 Å². The fourth-order valence-electron chi connectivity index (χ4n) is 2.02. The molecule has 2 amide bonds. The molecule has 1 saturated heterocycles. The molecular weight excluding hydrogens is 282 g/mol. The Bertz CT molecular complexity index is 453. The van der Waals surface area contributed by atoms with Gasteiger partial charge in [0.25, 0.3) is 0 Å². The summed E-state index contributed by atoms with van der Waals surface area (Å²) in [5, 5.41) is 19.1. The first-order valence-electron chi connectivity index (χ1n) is 6.35. The summed E-state index contributed by atoms with van der Waals surface area (Å²) in [7, 11) is 0. The molecule has 1 fully saturated rings. The van der Waals surface area contributed by atoms with Crippen molar-refractivity contribution >= 4 is 23.8 Å². The molecule has 0 radical (unpaired) electrons. The maximum absolute atomic E-state index is 12.1. The van der Waals surface area contributed by atoms with E-state index in [1.54, 1.807) is 33.7 Å². The van der Waals surface area contributed by atoms with E-state index in [1.165, 1.54) is 0 Å². The molecule has 2 N–H and O–H groups in total. The van der Waals surface area contributed by atoms with Crippen LogP contribution in [0.15, 0.2) is 12.4 Å². The molecule has 2 heterocycles. The van der Waals surface area contributed by atoms with Gasteiger partial charge in [0.05, 0.1) is 25.2 Å². The number of hydrogen-bond acceptors (Lipinski definition) is 5. The van der Waals surface area contributed by atoms with Crippen LogP contribution in [0.5, 0.6) is 0 Å². The Kier molecular flexibility index (Phi) is 5.22. The topological polar surface area (TPSA) is 100 Å². The number of aromatic nitrogens is 3. The highest BCUT2D eigenvalue weighted by Gasteiger charge is 2.28. The monoisotopic (exact) mass is 299 g/mol. The smallest absolute Gasteiger partial charge is 0.317 e. The number of aliphatic carboxylic acids is 1. The summed E-state index contributed by atoms with van der Waals surface area (Å²) in [6.07, 6.45) is 3.28. The first-order chi connectivity index (χ1) is 9.66. The Morgan fingerprint density at radius 3 is 3.05 bits per heavy atom. The van der Waals surface area contributed by atoms with E-state index in [-0.39, 0.29) is 18.5 Å². The molecule has 110 valence electrons. The van der Waals surface area contributed by atoms with Crippen LogP contribution in [0.2, 0.25) is 0 Å². The van der Waals surface area contributed by atoms with Crippen molar-refractivity contribution in [2.75, 3.05) is 24.6 Å². The van der Waals surface area contributed by atoms with E-state index in [9.17, 15) is 9.59 Å². The molecule has 1 aromatic rings. The van der Waals surface area contributed by atoms with Gasteiger partial charge in [-0.3, -0.25) is 9.48 Å². The molecule has 1 aromatic heterocycles. The summed E-state index contributed by atoms with van der Waals surface area (Å²) in [4.78, 5) is 24.5. The molecule has 0 bridgehead atoms. The van der Waals surface area contributed by atoms with Crippen molar-refractivity contribution in [2.45, 2.75) is 19.0 Å². The maximum atomic E-state index is 12.1. The van der Waals surface area contributed by atoms with Gasteiger partial charge in [-0.25, -0.2) is 4.79 Å². The summed E-state index contributed by atoms with van der Waals surface area (Å²) < 4.78 is 1.63. The summed E-state index contributed by atoms with van der Waals surface area (Å²) in [6, 6.07) is -0.450. The third-order valence-electron chi connectivity index (χ3n) is 2.99. The Morgan fingerprint density at radius 2 is 2.35 bits per heavy atom. The summed E-state index contributed by atoms with van der Waals surface area (Å²) in [5.74, 6) is 0.632. The minimum Gasteiger partial charge on any atom is -0.481 e. The van der Waals surface area contributed by atoms with Gasteiger partial charge in [0.15, 0.2) is 0 Å². The van der Waals surface area contributed by atoms with Crippen molar-refractivity contribution in [3.63, 3.8) is 0 Å². The van der Waals surface area contributed by atoms with Crippen LogP contribution in [0.4, 0.5) is 4.79 Å². The van der Waals surface area contributed by atoms with Gasteiger partial charge in [0, 0.05) is 30.8 Å². The van der Waals surface area contributed by atoms with Crippen molar-refractivity contribution in [1.82, 2.24) is 25.2 Å². The van der Waals surface area contributed by atoms with Gasteiger partial charge in [-0.05, 0) is 0 Å². The van der Waals surface area contributed by atoms with Crippen LogP contribution in [0.1, 0.15) is 6.42 Å². The number of hydrogen-bond donors (Lipinski definition) is 2. The lowest BCUT2D eigenvalue weighted by Gasteiger charge is -2.34. The second-order valence-corrected chi connectivity index (χ2v) is 5.57. The highest BCUT2D eigenvalue weighted by atomic mass is 32.2. The number of carboxylic acid groups (broad SMARTS) is 1. The lowest BCUT2D eigenvalue weighted by Crippen LogP contribution is -2.51. The molecule has 2 rings (SSSR count). The van der Waals surface area contributed by atoms with Crippen LogP contribution >= 0.6 is 11.8 Å². The zero-order valence-corrected chi connectivity index (χ0v) is 11.8. The second kappa shape index (κ2) is 7.13. The van der Waals surface area contributed by atoms with Gasteiger partial charge in [0.2, 0.25) is 0 Å². The number of thioether (sulfide) groups is 1.